The number of hydrogen-bond acceptors (Lipinski definition) is 6. The van der Waals surface area contributed by atoms with Gasteiger partial charge in [-0.1, -0.05) is 11.3 Å². The van der Waals surface area contributed by atoms with E-state index in [1.165, 1.54) is 18.4 Å². The van der Waals surface area contributed by atoms with Crippen molar-refractivity contribution in [2.75, 3.05) is 19.5 Å². The Morgan fingerprint density at radius 2 is 1.95 bits per heavy atom. The van der Waals surface area contributed by atoms with Gasteiger partial charge in [0.05, 0.1) is 19.9 Å². The van der Waals surface area contributed by atoms with Crippen LogP contribution in [0.3, 0.4) is 0 Å². The number of benzene rings is 1. The van der Waals surface area contributed by atoms with E-state index in [1.807, 2.05) is 24.3 Å². The molecule has 0 amide bonds. The SMILES string of the molecule is COC(=O)c1sc(Nc2ccc(OC)cc2)nc1C. The largest absolute Gasteiger partial charge is 0.497 e. The summed E-state index contributed by atoms with van der Waals surface area (Å²) in [5.74, 6) is 0.425. The van der Waals surface area contributed by atoms with E-state index in [1.54, 1.807) is 14.0 Å². The summed E-state index contributed by atoms with van der Waals surface area (Å²) in [7, 11) is 2.98. The fourth-order valence-electron chi connectivity index (χ4n) is 1.53. The van der Waals surface area contributed by atoms with Crippen molar-refractivity contribution in [1.29, 1.82) is 0 Å². The fraction of sp³-hybridized carbons (Fsp3) is 0.231. The fourth-order valence-corrected chi connectivity index (χ4v) is 2.43. The second-order valence-electron chi connectivity index (χ2n) is 3.78. The molecule has 6 heteroatoms. The molecule has 0 aliphatic heterocycles. The Labute approximate surface area is 115 Å². The highest BCUT2D eigenvalue weighted by Crippen LogP contribution is 2.27. The second-order valence-corrected chi connectivity index (χ2v) is 4.78. The lowest BCUT2D eigenvalue weighted by molar-refractivity contribution is 0.0605. The van der Waals surface area contributed by atoms with E-state index in [0.717, 1.165) is 11.4 Å². The minimum absolute atomic E-state index is 0.363. The average Bonchev–Trinajstić information content (AvgIpc) is 2.79. The summed E-state index contributed by atoms with van der Waals surface area (Å²) in [6, 6.07) is 7.47. The predicted molar refractivity (Wildman–Crippen MR) is 74.5 cm³/mol. The number of carbonyl (C=O) groups excluding carboxylic acids is 1. The molecule has 2 rings (SSSR count). The van der Waals surface area contributed by atoms with Crippen LogP contribution in [-0.4, -0.2) is 25.2 Å². The molecule has 5 nitrogen and oxygen atoms in total. The van der Waals surface area contributed by atoms with Crippen LogP contribution in [0.1, 0.15) is 15.4 Å². The molecule has 0 bridgehead atoms. The lowest BCUT2D eigenvalue weighted by Gasteiger charge is -2.03. The van der Waals surface area contributed by atoms with Crippen molar-refractivity contribution in [3.05, 3.63) is 34.8 Å². The molecule has 0 radical (unpaired) electrons. The summed E-state index contributed by atoms with van der Waals surface area (Å²) < 4.78 is 9.78. The molecule has 0 saturated heterocycles. The van der Waals surface area contributed by atoms with Crippen molar-refractivity contribution in [2.45, 2.75) is 6.92 Å². The zero-order valence-electron chi connectivity index (χ0n) is 10.9. The van der Waals surface area contributed by atoms with Crippen molar-refractivity contribution in [2.24, 2.45) is 0 Å². The highest BCUT2D eigenvalue weighted by molar-refractivity contribution is 7.17. The average molecular weight is 278 g/mol. The van der Waals surface area contributed by atoms with Crippen LogP contribution in [0.15, 0.2) is 24.3 Å². The maximum atomic E-state index is 11.5. The quantitative estimate of drug-likeness (QED) is 0.871. The van der Waals surface area contributed by atoms with Crippen LogP contribution in [0, 0.1) is 6.92 Å². The van der Waals surface area contributed by atoms with Gasteiger partial charge in [0.2, 0.25) is 0 Å². The molecule has 0 saturated carbocycles. The number of thiazole rings is 1. The number of aryl methyl sites for hydroxylation is 1. The highest BCUT2D eigenvalue weighted by Gasteiger charge is 2.15. The predicted octanol–water partition coefficient (Wildman–Crippen LogP) is 2.99. The zero-order valence-corrected chi connectivity index (χ0v) is 11.7. The smallest absolute Gasteiger partial charge is 0.350 e. The summed E-state index contributed by atoms with van der Waals surface area (Å²) >= 11 is 1.27. The molecule has 0 aliphatic rings. The molecule has 1 aromatic carbocycles. The van der Waals surface area contributed by atoms with E-state index >= 15 is 0 Å². The van der Waals surface area contributed by atoms with Gasteiger partial charge in [0.15, 0.2) is 5.13 Å². The third kappa shape index (κ3) is 3.03. The number of methoxy groups -OCH3 is 2. The summed E-state index contributed by atoms with van der Waals surface area (Å²) in [6.45, 7) is 1.78. The Balaban J connectivity index is 2.16. The lowest BCUT2D eigenvalue weighted by atomic mass is 10.3. The van der Waals surface area contributed by atoms with Gasteiger partial charge in [0.1, 0.15) is 10.6 Å². The molecule has 0 unspecified atom stereocenters. The van der Waals surface area contributed by atoms with Crippen LogP contribution < -0.4 is 10.1 Å². The van der Waals surface area contributed by atoms with Gasteiger partial charge < -0.3 is 14.8 Å². The van der Waals surface area contributed by atoms with Crippen LogP contribution in [0.5, 0.6) is 5.75 Å². The molecule has 0 atom stereocenters. The lowest BCUT2D eigenvalue weighted by Crippen LogP contribution is -1.99. The molecule has 100 valence electrons. The first kappa shape index (κ1) is 13.4. The van der Waals surface area contributed by atoms with Gasteiger partial charge in [-0.2, -0.15) is 0 Å². The maximum absolute atomic E-state index is 11.5. The number of esters is 1. The summed E-state index contributed by atoms with van der Waals surface area (Å²) in [5, 5.41) is 3.80. The molecule has 2 aromatic rings. The number of aromatic nitrogens is 1. The number of nitrogens with zero attached hydrogens (tertiary/aromatic N) is 1. The van der Waals surface area contributed by atoms with Crippen LogP contribution in [0.4, 0.5) is 10.8 Å². The normalized spacial score (nSPS) is 10.1. The minimum Gasteiger partial charge on any atom is -0.497 e. The second kappa shape index (κ2) is 5.71. The van der Waals surface area contributed by atoms with Crippen molar-refractivity contribution in [3.63, 3.8) is 0 Å². The molecule has 1 heterocycles. The van der Waals surface area contributed by atoms with Crippen LogP contribution >= 0.6 is 11.3 Å². The molecule has 0 fully saturated rings. The van der Waals surface area contributed by atoms with Crippen LogP contribution in [-0.2, 0) is 4.74 Å². The Kier molecular flexibility index (Phi) is 4.01. The van der Waals surface area contributed by atoms with E-state index in [9.17, 15) is 4.79 Å². The Morgan fingerprint density at radius 3 is 2.53 bits per heavy atom. The standard InChI is InChI=1S/C13H14N2O3S/c1-8-11(12(16)18-3)19-13(14-8)15-9-4-6-10(17-2)7-5-9/h4-7H,1-3H3,(H,14,15). The molecule has 19 heavy (non-hydrogen) atoms. The third-order valence-corrected chi connectivity index (χ3v) is 3.56. The van der Waals surface area contributed by atoms with Gasteiger partial charge in [-0.25, -0.2) is 9.78 Å². The molecular weight excluding hydrogens is 264 g/mol. The Hall–Kier alpha value is -2.08. The summed E-state index contributed by atoms with van der Waals surface area (Å²) in [6.07, 6.45) is 0. The van der Waals surface area contributed by atoms with E-state index in [0.29, 0.717) is 15.7 Å². The number of rotatable bonds is 4. The van der Waals surface area contributed by atoms with Crippen molar-refractivity contribution in [3.8, 4) is 5.75 Å². The van der Waals surface area contributed by atoms with E-state index in [-0.39, 0.29) is 5.97 Å². The number of hydrogen-bond donors (Lipinski definition) is 1. The number of anilines is 2. The third-order valence-electron chi connectivity index (χ3n) is 2.51. The van der Waals surface area contributed by atoms with Gasteiger partial charge in [0, 0.05) is 5.69 Å². The molecular formula is C13H14N2O3S. The topological polar surface area (TPSA) is 60.5 Å². The molecule has 1 N–H and O–H groups in total. The van der Waals surface area contributed by atoms with Crippen LogP contribution in [0.25, 0.3) is 0 Å². The molecule has 1 aromatic heterocycles. The van der Waals surface area contributed by atoms with E-state index in [2.05, 4.69) is 10.3 Å². The van der Waals surface area contributed by atoms with Gasteiger partial charge in [-0.15, -0.1) is 0 Å². The van der Waals surface area contributed by atoms with Gasteiger partial charge in [-0.05, 0) is 31.2 Å². The first-order valence-electron chi connectivity index (χ1n) is 5.61. The molecule has 0 aliphatic carbocycles. The first-order valence-corrected chi connectivity index (χ1v) is 6.42. The number of nitrogens with one attached hydrogen (secondary N) is 1. The van der Waals surface area contributed by atoms with Gasteiger partial charge >= 0.3 is 5.97 Å². The first-order chi connectivity index (χ1) is 9.13. The molecule has 0 spiro atoms. The van der Waals surface area contributed by atoms with Crippen molar-refractivity contribution >= 4 is 28.1 Å². The Morgan fingerprint density at radius 1 is 1.26 bits per heavy atom. The van der Waals surface area contributed by atoms with Gasteiger partial charge in [-0.3, -0.25) is 0 Å². The monoisotopic (exact) mass is 278 g/mol. The van der Waals surface area contributed by atoms with E-state index in [4.69, 9.17) is 9.47 Å². The van der Waals surface area contributed by atoms with Crippen molar-refractivity contribution < 1.29 is 14.3 Å². The zero-order chi connectivity index (χ0) is 13.8. The summed E-state index contributed by atoms with van der Waals surface area (Å²) in [5.41, 5.74) is 1.54. The maximum Gasteiger partial charge on any atom is 0.350 e. The highest BCUT2D eigenvalue weighted by atomic mass is 32.1. The number of carbonyl (C=O) groups is 1. The minimum atomic E-state index is -0.363. The number of ether oxygens (including phenoxy) is 2. The van der Waals surface area contributed by atoms with Crippen molar-refractivity contribution in [1.82, 2.24) is 4.98 Å². The van der Waals surface area contributed by atoms with Gasteiger partial charge in [0.25, 0.3) is 0 Å². The summed E-state index contributed by atoms with van der Waals surface area (Å²) in [4.78, 5) is 16.3. The van der Waals surface area contributed by atoms with E-state index < -0.39 is 0 Å². The Bertz CT molecular complexity index is 578. The van der Waals surface area contributed by atoms with Crippen LogP contribution in [0.2, 0.25) is 0 Å².